The van der Waals surface area contributed by atoms with Gasteiger partial charge in [-0.3, -0.25) is 0 Å². The Kier molecular flexibility index (Phi) is 4.96. The SMILES string of the molecule is C[N+]1(C2CCCC([I-]c3ncnc4sc5c(c34)CCC5)C2)CCOCC1. The van der Waals surface area contributed by atoms with E-state index in [-0.39, 0.29) is 21.2 Å². The number of nitrogens with zero attached hydrogens (tertiary/aromatic N) is 3. The molecule has 3 heterocycles. The van der Waals surface area contributed by atoms with Gasteiger partial charge in [-0.2, -0.15) is 0 Å². The van der Waals surface area contributed by atoms with Crippen molar-refractivity contribution in [3.8, 4) is 0 Å². The van der Waals surface area contributed by atoms with Crippen LogP contribution in [0.5, 0.6) is 0 Å². The predicted molar refractivity (Wildman–Crippen MR) is 101 cm³/mol. The van der Waals surface area contributed by atoms with E-state index in [1.54, 1.807) is 10.4 Å². The van der Waals surface area contributed by atoms with Crippen LogP contribution < -0.4 is 21.2 Å². The van der Waals surface area contributed by atoms with Crippen molar-refractivity contribution in [1.82, 2.24) is 9.97 Å². The van der Waals surface area contributed by atoms with Crippen molar-refractivity contribution < 1.29 is 30.4 Å². The van der Waals surface area contributed by atoms with Gasteiger partial charge in [0.15, 0.2) is 0 Å². The van der Waals surface area contributed by atoms with Gasteiger partial charge in [0.05, 0.1) is 0 Å². The van der Waals surface area contributed by atoms with Gasteiger partial charge in [0.25, 0.3) is 0 Å². The fourth-order valence-electron chi connectivity index (χ4n) is 5.02. The van der Waals surface area contributed by atoms with Crippen LogP contribution in [-0.4, -0.2) is 57.8 Å². The molecule has 1 saturated heterocycles. The Balaban J connectivity index is 1.37. The number of thiophene rings is 1. The molecule has 6 heteroatoms. The van der Waals surface area contributed by atoms with Gasteiger partial charge in [0, 0.05) is 0 Å². The van der Waals surface area contributed by atoms with Gasteiger partial charge < -0.3 is 0 Å². The van der Waals surface area contributed by atoms with E-state index in [1.165, 1.54) is 76.4 Å². The normalized spacial score (nSPS) is 28.5. The minimum absolute atomic E-state index is 0.0366. The van der Waals surface area contributed by atoms with Crippen molar-refractivity contribution in [3.63, 3.8) is 0 Å². The summed E-state index contributed by atoms with van der Waals surface area (Å²) in [5, 5.41) is 1.48. The molecule has 5 rings (SSSR count). The van der Waals surface area contributed by atoms with Crippen molar-refractivity contribution >= 4 is 21.6 Å². The summed E-state index contributed by atoms with van der Waals surface area (Å²) in [7, 11) is 2.47. The third-order valence-corrected chi connectivity index (χ3v) is 11.3. The minimum atomic E-state index is -0.0366. The summed E-state index contributed by atoms with van der Waals surface area (Å²) in [6, 6.07) is 0.836. The molecular formula is C20H28IN3OS. The van der Waals surface area contributed by atoms with Crippen LogP contribution in [0.2, 0.25) is 0 Å². The van der Waals surface area contributed by atoms with Crippen molar-refractivity contribution in [2.75, 3.05) is 33.4 Å². The number of alkyl halides is 1. The molecule has 26 heavy (non-hydrogen) atoms. The molecule has 2 fully saturated rings. The number of quaternary nitrogens is 1. The maximum atomic E-state index is 5.64. The molecule has 0 aromatic carbocycles. The van der Waals surface area contributed by atoms with E-state index >= 15 is 0 Å². The molecule has 2 aliphatic carbocycles. The molecule has 2 atom stereocenters. The molecule has 2 aromatic rings. The number of rotatable bonds is 3. The predicted octanol–water partition coefficient (Wildman–Crippen LogP) is 0.227. The molecule has 0 amide bonds. The van der Waals surface area contributed by atoms with Gasteiger partial charge in [-0.1, -0.05) is 0 Å². The Morgan fingerprint density at radius 1 is 1.15 bits per heavy atom. The number of ether oxygens (including phenoxy) is 1. The molecule has 142 valence electrons. The molecule has 0 bridgehead atoms. The topological polar surface area (TPSA) is 35.0 Å². The second-order valence-electron chi connectivity index (χ2n) is 8.27. The first-order valence-corrected chi connectivity index (χ1v) is 13.2. The van der Waals surface area contributed by atoms with Crippen LogP contribution >= 0.6 is 11.3 Å². The molecule has 0 radical (unpaired) electrons. The van der Waals surface area contributed by atoms with E-state index in [9.17, 15) is 0 Å². The average molecular weight is 485 g/mol. The van der Waals surface area contributed by atoms with Gasteiger partial charge in [-0.25, -0.2) is 0 Å². The van der Waals surface area contributed by atoms with E-state index in [4.69, 9.17) is 9.72 Å². The third kappa shape index (κ3) is 3.20. The van der Waals surface area contributed by atoms with Gasteiger partial charge in [0.1, 0.15) is 0 Å². The Labute approximate surface area is 170 Å². The molecule has 0 N–H and O–H groups in total. The molecule has 2 aromatic heterocycles. The van der Waals surface area contributed by atoms with Crippen molar-refractivity contribution in [1.29, 1.82) is 0 Å². The molecule has 3 aliphatic rings. The molecular weight excluding hydrogens is 457 g/mol. The molecule has 0 spiro atoms. The second-order valence-corrected chi connectivity index (χ2v) is 12.8. The number of morpholine rings is 1. The number of hydrogen-bond donors (Lipinski definition) is 0. The van der Waals surface area contributed by atoms with Gasteiger partial charge in [0.2, 0.25) is 0 Å². The summed E-state index contributed by atoms with van der Waals surface area (Å²) in [6.07, 6.45) is 11.3. The standard InChI is InChI=1S/C20H28IN3OS/c1-24(8-10-25-11-9-24)15-5-2-4-14(12-15)21-19-18-16-6-3-7-17(16)26-20(18)23-13-22-19/h13-15H,2-12H2,1H3. The second kappa shape index (κ2) is 7.26. The van der Waals surface area contributed by atoms with Crippen LogP contribution in [0, 0.1) is 3.70 Å². The van der Waals surface area contributed by atoms with E-state index in [1.807, 2.05) is 17.7 Å². The zero-order valence-corrected chi connectivity index (χ0v) is 18.5. The van der Waals surface area contributed by atoms with E-state index in [0.717, 1.165) is 23.2 Å². The Morgan fingerprint density at radius 3 is 2.92 bits per heavy atom. The first-order chi connectivity index (χ1) is 12.7. The Hall–Kier alpha value is -0.310. The summed E-state index contributed by atoms with van der Waals surface area (Å²) in [5.74, 6) is 0. The van der Waals surface area contributed by atoms with Crippen LogP contribution in [0.4, 0.5) is 0 Å². The van der Waals surface area contributed by atoms with Crippen LogP contribution in [0.25, 0.3) is 10.2 Å². The molecule has 2 unspecified atom stereocenters. The Morgan fingerprint density at radius 2 is 2.04 bits per heavy atom. The number of likely N-dealkylation sites (N-methyl/N-ethyl adjacent to an activating group) is 1. The maximum absolute atomic E-state index is 5.64. The summed E-state index contributed by atoms with van der Waals surface area (Å²) < 4.78 is 9.22. The van der Waals surface area contributed by atoms with Crippen molar-refractivity contribution in [2.24, 2.45) is 0 Å². The summed E-state index contributed by atoms with van der Waals surface area (Å²) in [6.45, 7) is 4.29. The number of halogens is 1. The van der Waals surface area contributed by atoms with Crippen LogP contribution in [0.15, 0.2) is 6.33 Å². The number of aryl methyl sites for hydroxylation is 2. The van der Waals surface area contributed by atoms with Gasteiger partial charge in [-0.05, 0) is 0 Å². The first kappa shape index (κ1) is 17.8. The van der Waals surface area contributed by atoms with E-state index in [2.05, 4.69) is 12.0 Å². The zero-order valence-electron chi connectivity index (χ0n) is 15.5. The third-order valence-electron chi connectivity index (χ3n) is 6.67. The fraction of sp³-hybridized carbons (Fsp3) is 0.700. The monoisotopic (exact) mass is 485 g/mol. The van der Waals surface area contributed by atoms with Crippen LogP contribution in [0.3, 0.4) is 0 Å². The Bertz CT molecular complexity index is 802. The first-order valence-electron chi connectivity index (χ1n) is 10.0. The number of fused-ring (bicyclic) bond motifs is 3. The zero-order chi connectivity index (χ0) is 17.6. The van der Waals surface area contributed by atoms with Crippen LogP contribution in [-0.2, 0) is 17.6 Å². The van der Waals surface area contributed by atoms with Gasteiger partial charge >= 0.3 is 171 Å². The fourth-order valence-corrected chi connectivity index (χ4v) is 10.0. The number of hydrogen-bond acceptors (Lipinski definition) is 4. The van der Waals surface area contributed by atoms with Gasteiger partial charge in [-0.15, -0.1) is 0 Å². The molecule has 4 nitrogen and oxygen atoms in total. The average Bonchev–Trinajstić information content (AvgIpc) is 3.24. The van der Waals surface area contributed by atoms with Crippen LogP contribution in [0.1, 0.15) is 42.5 Å². The molecule has 1 aliphatic heterocycles. The quantitative estimate of drug-likeness (QED) is 0.270. The van der Waals surface area contributed by atoms with E-state index < -0.39 is 0 Å². The summed E-state index contributed by atoms with van der Waals surface area (Å²) >= 11 is 1.90. The van der Waals surface area contributed by atoms with E-state index in [0.29, 0.717) is 0 Å². The van der Waals surface area contributed by atoms with Crippen molar-refractivity contribution in [3.05, 3.63) is 20.5 Å². The summed E-state index contributed by atoms with van der Waals surface area (Å²) in [4.78, 5) is 12.3. The summed E-state index contributed by atoms with van der Waals surface area (Å²) in [5.41, 5.74) is 1.61. The number of aromatic nitrogens is 2. The molecule has 1 saturated carbocycles. The van der Waals surface area contributed by atoms with Crippen molar-refractivity contribution in [2.45, 2.75) is 54.9 Å².